The van der Waals surface area contributed by atoms with E-state index in [-0.39, 0.29) is 0 Å². The number of hydrogen-bond acceptors (Lipinski definition) is 3. The maximum absolute atomic E-state index is 7.14. The molecule has 0 aliphatic rings. The lowest BCUT2D eigenvalue weighted by atomic mass is 10.1. The van der Waals surface area contributed by atoms with Gasteiger partial charge >= 0.3 is 0 Å². The Morgan fingerprint density at radius 2 is 2.05 bits per heavy atom. The minimum atomic E-state index is 0.481. The molecule has 0 aliphatic heterocycles. The molecule has 0 amide bonds. The quantitative estimate of drug-likeness (QED) is 0.658. The zero-order chi connectivity index (χ0) is 13.4. The molecular weight excluding hydrogens is 242 g/mol. The van der Waals surface area contributed by atoms with Crippen LogP contribution in [0.25, 0.3) is 21.5 Å². The van der Waals surface area contributed by atoms with Crippen molar-refractivity contribution in [2.45, 2.75) is 0 Å². The van der Waals surface area contributed by atoms with Gasteiger partial charge in [0.25, 0.3) is 0 Å². The Morgan fingerprint density at radius 3 is 2.68 bits per heavy atom. The molecule has 19 heavy (non-hydrogen) atoms. The number of methoxy groups -OCH3 is 1. The lowest BCUT2D eigenvalue weighted by Crippen LogP contribution is -1.93. The largest absolute Gasteiger partial charge is 0.496 e. The minimum Gasteiger partial charge on any atom is -0.496 e. The summed E-state index contributed by atoms with van der Waals surface area (Å²) in [6.07, 6.45) is 7.10. The van der Waals surface area contributed by atoms with E-state index in [9.17, 15) is 0 Å². The van der Waals surface area contributed by atoms with Crippen LogP contribution in [0.4, 0.5) is 5.69 Å². The molecular formula is C13H11N5O. The maximum atomic E-state index is 7.14. The molecule has 0 radical (unpaired) electrons. The fourth-order valence-electron chi connectivity index (χ4n) is 2.03. The van der Waals surface area contributed by atoms with Crippen molar-refractivity contribution < 1.29 is 4.74 Å². The molecule has 6 heteroatoms. The molecule has 0 unspecified atom stereocenters. The molecule has 3 aromatic rings. The van der Waals surface area contributed by atoms with Crippen molar-refractivity contribution in [3.63, 3.8) is 0 Å². The number of nitrogens with zero attached hydrogens (tertiary/aromatic N) is 5. The highest BCUT2D eigenvalue weighted by Crippen LogP contribution is 2.33. The fourth-order valence-corrected chi connectivity index (χ4v) is 2.03. The van der Waals surface area contributed by atoms with Gasteiger partial charge < -0.3 is 4.74 Å². The summed E-state index contributed by atoms with van der Waals surface area (Å²) in [6, 6.07) is 1.89. The number of pyridine rings is 1. The van der Waals surface area contributed by atoms with Gasteiger partial charge in [0, 0.05) is 30.6 Å². The van der Waals surface area contributed by atoms with E-state index in [4.69, 9.17) is 11.3 Å². The van der Waals surface area contributed by atoms with E-state index < -0.39 is 0 Å². The van der Waals surface area contributed by atoms with Crippen molar-refractivity contribution in [3.8, 4) is 16.9 Å². The highest BCUT2D eigenvalue weighted by Gasteiger charge is 2.12. The predicted molar refractivity (Wildman–Crippen MR) is 70.2 cm³/mol. The summed E-state index contributed by atoms with van der Waals surface area (Å²) in [5, 5.41) is 8.33. The van der Waals surface area contributed by atoms with Gasteiger partial charge in [-0.15, -0.1) is 0 Å². The molecule has 0 saturated carbocycles. The topological polar surface area (TPSA) is 48.7 Å². The molecule has 0 fully saturated rings. The van der Waals surface area contributed by atoms with Crippen LogP contribution >= 0.6 is 0 Å². The molecule has 6 nitrogen and oxygen atoms in total. The third-order valence-corrected chi connectivity index (χ3v) is 2.94. The number of fused-ring (bicyclic) bond motifs is 1. The van der Waals surface area contributed by atoms with Crippen molar-refractivity contribution >= 4 is 11.2 Å². The van der Waals surface area contributed by atoms with E-state index in [1.807, 2.05) is 25.5 Å². The minimum absolute atomic E-state index is 0.481. The van der Waals surface area contributed by atoms with Crippen molar-refractivity contribution in [1.82, 2.24) is 19.4 Å². The van der Waals surface area contributed by atoms with E-state index in [0.717, 1.165) is 11.1 Å². The van der Waals surface area contributed by atoms with Crippen LogP contribution in [0.15, 0.2) is 30.9 Å². The zero-order valence-corrected chi connectivity index (χ0v) is 10.5. The van der Waals surface area contributed by atoms with Crippen molar-refractivity contribution in [3.05, 3.63) is 42.3 Å². The Bertz CT molecular complexity index is 793. The Labute approximate surface area is 109 Å². The van der Waals surface area contributed by atoms with Crippen LogP contribution in [0, 0.1) is 6.57 Å². The first-order chi connectivity index (χ1) is 9.22. The van der Waals surface area contributed by atoms with E-state index in [2.05, 4.69) is 15.0 Å². The van der Waals surface area contributed by atoms with Crippen LogP contribution < -0.4 is 4.74 Å². The van der Waals surface area contributed by atoms with E-state index in [1.54, 1.807) is 22.5 Å². The van der Waals surface area contributed by atoms with Crippen molar-refractivity contribution in [1.29, 1.82) is 0 Å². The Hall–Kier alpha value is -2.81. The average molecular weight is 253 g/mol. The summed E-state index contributed by atoms with van der Waals surface area (Å²) in [7, 11) is 3.45. The molecule has 0 aliphatic carbocycles. The molecule has 0 bridgehead atoms. The van der Waals surface area contributed by atoms with Gasteiger partial charge in [-0.25, -0.2) is 9.36 Å². The second-order valence-electron chi connectivity index (χ2n) is 4.13. The third-order valence-electron chi connectivity index (χ3n) is 2.94. The molecule has 0 spiro atoms. The van der Waals surface area contributed by atoms with E-state index in [1.165, 1.54) is 6.20 Å². The van der Waals surface area contributed by atoms with Crippen LogP contribution in [-0.4, -0.2) is 26.5 Å². The van der Waals surface area contributed by atoms with Crippen molar-refractivity contribution in [2.24, 2.45) is 7.05 Å². The fraction of sp³-hybridized carbons (Fsp3) is 0.154. The monoisotopic (exact) mass is 253 g/mol. The highest BCUT2D eigenvalue weighted by atomic mass is 16.5. The number of hydrogen-bond donors (Lipinski definition) is 0. The lowest BCUT2D eigenvalue weighted by molar-refractivity contribution is 0.418. The van der Waals surface area contributed by atoms with Crippen molar-refractivity contribution in [2.75, 3.05) is 7.11 Å². The lowest BCUT2D eigenvalue weighted by Gasteiger charge is -2.06. The maximum Gasteiger partial charge on any atom is 0.235 e. The third kappa shape index (κ3) is 1.72. The Kier molecular flexibility index (Phi) is 2.46. The SMILES string of the molecule is [C-]#[N+]c1cnn2cc(-c3cnn(C)c3)cc(OC)c12. The summed E-state index contributed by atoms with van der Waals surface area (Å²) in [5.74, 6) is 0.629. The summed E-state index contributed by atoms with van der Waals surface area (Å²) in [5.41, 5.74) is 3.08. The number of aromatic nitrogens is 4. The molecule has 94 valence electrons. The van der Waals surface area contributed by atoms with Crippen LogP contribution in [0.1, 0.15) is 0 Å². The van der Waals surface area contributed by atoms with Gasteiger partial charge in [-0.05, 0) is 6.07 Å². The smallest absolute Gasteiger partial charge is 0.235 e. The molecule has 3 aromatic heterocycles. The first kappa shape index (κ1) is 11.3. The Morgan fingerprint density at radius 1 is 1.21 bits per heavy atom. The van der Waals surface area contributed by atoms with Gasteiger partial charge in [0.2, 0.25) is 5.69 Å². The molecule has 3 rings (SSSR count). The first-order valence-electron chi connectivity index (χ1n) is 5.65. The average Bonchev–Trinajstić information content (AvgIpc) is 3.03. The van der Waals surface area contributed by atoms with Crippen LogP contribution in [0.3, 0.4) is 0 Å². The Balaban J connectivity index is 2.27. The number of aryl methyl sites for hydroxylation is 1. The highest BCUT2D eigenvalue weighted by molar-refractivity contribution is 5.81. The molecule has 0 N–H and O–H groups in total. The van der Waals surface area contributed by atoms with E-state index in [0.29, 0.717) is 17.0 Å². The van der Waals surface area contributed by atoms with Gasteiger partial charge in [-0.2, -0.15) is 10.2 Å². The molecule has 0 aromatic carbocycles. The molecule has 0 saturated heterocycles. The first-order valence-corrected chi connectivity index (χ1v) is 5.65. The second-order valence-corrected chi connectivity index (χ2v) is 4.13. The summed E-state index contributed by atoms with van der Waals surface area (Å²) in [6.45, 7) is 7.14. The normalized spacial score (nSPS) is 10.6. The summed E-state index contributed by atoms with van der Waals surface area (Å²) in [4.78, 5) is 3.44. The van der Waals surface area contributed by atoms with Gasteiger partial charge in [0.15, 0.2) is 0 Å². The molecule has 3 heterocycles. The summed E-state index contributed by atoms with van der Waals surface area (Å²) < 4.78 is 8.76. The number of rotatable bonds is 2. The summed E-state index contributed by atoms with van der Waals surface area (Å²) >= 11 is 0. The van der Waals surface area contributed by atoms with Crippen LogP contribution in [-0.2, 0) is 7.05 Å². The predicted octanol–water partition coefficient (Wildman–Crippen LogP) is 2.29. The zero-order valence-electron chi connectivity index (χ0n) is 10.5. The van der Waals surface area contributed by atoms with E-state index >= 15 is 0 Å². The van der Waals surface area contributed by atoms with Gasteiger partial charge in [-0.3, -0.25) is 4.68 Å². The van der Waals surface area contributed by atoms with Gasteiger partial charge in [-0.1, -0.05) is 0 Å². The van der Waals surface area contributed by atoms with Crippen LogP contribution in [0.5, 0.6) is 5.75 Å². The molecule has 0 atom stereocenters. The standard InChI is InChI=1S/C13H11N5O/c1-14-11-6-16-18-8-9(4-12(19-3)13(11)18)10-5-15-17(2)7-10/h4-8H,2-3H3. The van der Waals surface area contributed by atoms with Gasteiger partial charge in [0.05, 0.1) is 26.1 Å². The van der Waals surface area contributed by atoms with Crippen LogP contribution in [0.2, 0.25) is 0 Å². The second kappa shape index (κ2) is 4.14. The van der Waals surface area contributed by atoms with Gasteiger partial charge in [0.1, 0.15) is 11.3 Å². The number of ether oxygens (including phenoxy) is 1.